The molecule has 3 heteroatoms. The van der Waals surface area contributed by atoms with E-state index < -0.39 is 0 Å². The quantitative estimate of drug-likeness (QED) is 0.531. The van der Waals surface area contributed by atoms with Gasteiger partial charge >= 0.3 is 0 Å². The summed E-state index contributed by atoms with van der Waals surface area (Å²) in [4.78, 5) is 0. The first-order valence-electron chi connectivity index (χ1n) is 5.52. The number of benzene rings is 1. The van der Waals surface area contributed by atoms with E-state index in [0.29, 0.717) is 22.7 Å². The highest BCUT2D eigenvalue weighted by molar-refractivity contribution is 6.54. The number of hydrogen-bond acceptors (Lipinski definition) is 2. The van der Waals surface area contributed by atoms with Gasteiger partial charge in [-0.1, -0.05) is 42.1 Å². The highest BCUT2D eigenvalue weighted by Gasteiger charge is 2.10. The molecule has 0 aliphatic rings. The summed E-state index contributed by atoms with van der Waals surface area (Å²) in [5, 5.41) is 1.24. The lowest BCUT2D eigenvalue weighted by Gasteiger charge is -2.16. The second-order valence-corrected chi connectivity index (χ2v) is 4.55. The van der Waals surface area contributed by atoms with Crippen LogP contribution in [0.1, 0.15) is 19.4 Å². The van der Waals surface area contributed by atoms with Crippen molar-refractivity contribution in [3.05, 3.63) is 36.4 Å². The number of ether oxygens (including phenoxy) is 2. The lowest BCUT2D eigenvalue weighted by molar-refractivity contribution is -0.0817. The van der Waals surface area contributed by atoms with Crippen molar-refractivity contribution in [2.24, 2.45) is 0 Å². The monoisotopic (exact) mass is 234 g/mol. The number of hydrogen-bond donors (Lipinski definition) is 0. The Hall–Kier alpha value is -0.903. The van der Waals surface area contributed by atoms with Gasteiger partial charge in [0.15, 0.2) is 9.52 Å². The molecule has 0 spiro atoms. The highest BCUT2D eigenvalue weighted by atomic mass is 28.2. The summed E-state index contributed by atoms with van der Waals surface area (Å²) >= 11 is 0. The molecule has 1 rings (SSSR count). The minimum atomic E-state index is -0.116. The first-order chi connectivity index (χ1) is 7.80. The lowest BCUT2D eigenvalue weighted by Crippen LogP contribution is -2.33. The molecule has 2 nitrogen and oxygen atoms in total. The average Bonchev–Trinajstić information content (AvgIpc) is 2.30. The van der Waals surface area contributed by atoms with Crippen LogP contribution in [0.25, 0.3) is 6.08 Å². The first-order valence-corrected chi connectivity index (χ1v) is 6.60. The third kappa shape index (κ3) is 4.31. The van der Waals surface area contributed by atoms with Gasteiger partial charge in [-0.25, -0.2) is 0 Å². The van der Waals surface area contributed by atoms with Crippen LogP contribution < -0.4 is 5.19 Å². The molecule has 86 valence electrons. The molecule has 0 saturated carbocycles. The topological polar surface area (TPSA) is 18.5 Å². The summed E-state index contributed by atoms with van der Waals surface area (Å²) < 4.78 is 11.0. The highest BCUT2D eigenvalue weighted by Crippen LogP contribution is 1.99. The first kappa shape index (κ1) is 13.2. The molecule has 0 aromatic heterocycles. The number of rotatable bonds is 7. The molecule has 2 radical (unpaired) electrons. The van der Waals surface area contributed by atoms with Crippen molar-refractivity contribution < 1.29 is 9.47 Å². The Morgan fingerprint density at radius 2 is 2.00 bits per heavy atom. The molecule has 0 N–H and O–H groups in total. The molecule has 0 saturated heterocycles. The predicted molar refractivity (Wildman–Crippen MR) is 69.0 cm³/mol. The second-order valence-electron chi connectivity index (χ2n) is 3.22. The van der Waals surface area contributed by atoms with Crippen molar-refractivity contribution in [1.29, 1.82) is 0 Å². The molecule has 0 fully saturated rings. The van der Waals surface area contributed by atoms with Crippen LogP contribution in [0, 0.1) is 0 Å². The van der Waals surface area contributed by atoms with E-state index >= 15 is 0 Å². The van der Waals surface area contributed by atoms with Gasteiger partial charge in [-0.2, -0.15) is 0 Å². The summed E-state index contributed by atoms with van der Waals surface area (Å²) in [6.45, 7) is 9.09. The van der Waals surface area contributed by atoms with Gasteiger partial charge in [0.05, 0.1) is 0 Å². The minimum Gasteiger partial charge on any atom is -0.357 e. The van der Waals surface area contributed by atoms with Gasteiger partial charge in [-0.05, 0) is 19.4 Å². The molecule has 16 heavy (non-hydrogen) atoms. The summed E-state index contributed by atoms with van der Waals surface area (Å²) in [5.74, 6) is -0.116. The Balaban J connectivity index is 2.64. The van der Waals surface area contributed by atoms with E-state index in [2.05, 4.69) is 18.7 Å². The summed E-state index contributed by atoms with van der Waals surface area (Å²) in [5.41, 5.74) is 1.14. The Bertz CT molecular complexity index is 319. The van der Waals surface area contributed by atoms with Crippen molar-refractivity contribution in [2.45, 2.75) is 19.8 Å². The smallest absolute Gasteiger partial charge is 0.157 e. The van der Waals surface area contributed by atoms with Crippen molar-refractivity contribution in [1.82, 2.24) is 0 Å². The van der Waals surface area contributed by atoms with Gasteiger partial charge in [-0.3, -0.25) is 0 Å². The van der Waals surface area contributed by atoms with E-state index in [-0.39, 0.29) is 5.91 Å². The second kappa shape index (κ2) is 7.38. The molecule has 0 aliphatic heterocycles. The van der Waals surface area contributed by atoms with Gasteiger partial charge in [0.1, 0.15) is 5.91 Å². The van der Waals surface area contributed by atoms with Gasteiger partial charge < -0.3 is 9.47 Å². The molecular weight excluding hydrogens is 216 g/mol. The molecule has 0 unspecified atom stereocenters. The van der Waals surface area contributed by atoms with E-state index in [4.69, 9.17) is 9.47 Å². The molecular formula is C13H18O2Si. The third-order valence-corrected chi connectivity index (χ3v) is 3.26. The summed E-state index contributed by atoms with van der Waals surface area (Å²) in [7, 11) is 0.516. The van der Waals surface area contributed by atoms with Crippen molar-refractivity contribution in [2.75, 3.05) is 13.2 Å². The maximum atomic E-state index is 5.52. The summed E-state index contributed by atoms with van der Waals surface area (Å²) in [6, 6.07) is 8.29. The molecule has 0 aliphatic carbocycles. The van der Waals surface area contributed by atoms with Gasteiger partial charge in [0.2, 0.25) is 0 Å². The maximum Gasteiger partial charge on any atom is 0.157 e. The zero-order valence-corrected chi connectivity index (χ0v) is 10.9. The Morgan fingerprint density at radius 3 is 2.56 bits per heavy atom. The fraction of sp³-hybridized carbons (Fsp3) is 0.385. The van der Waals surface area contributed by atoms with Gasteiger partial charge in [0.25, 0.3) is 0 Å². The van der Waals surface area contributed by atoms with Gasteiger partial charge in [-0.15, -0.1) is 0 Å². The van der Waals surface area contributed by atoms with Crippen LogP contribution in [0.2, 0.25) is 0 Å². The van der Waals surface area contributed by atoms with Crippen LogP contribution in [0.3, 0.4) is 0 Å². The van der Waals surface area contributed by atoms with Gasteiger partial charge in [0, 0.05) is 13.2 Å². The Kier molecular flexibility index (Phi) is 6.07. The van der Waals surface area contributed by atoms with Crippen LogP contribution >= 0.6 is 0 Å². The van der Waals surface area contributed by atoms with Crippen LogP contribution in [0.5, 0.6) is 0 Å². The molecule has 1 aromatic rings. The molecule has 1 aromatic carbocycles. The lowest BCUT2D eigenvalue weighted by atomic mass is 10.2. The normalized spacial score (nSPS) is 10.7. The average molecular weight is 234 g/mol. The fourth-order valence-corrected chi connectivity index (χ4v) is 2.54. The standard InChI is InChI=1S/C13H18O2Si/c1-4-11-8-7-9-12(10-11)16-13(14-5-2)15-6-3/h4,7-10,13H,1,5-6H2,2-3H3. The van der Waals surface area contributed by atoms with Crippen molar-refractivity contribution in [3.63, 3.8) is 0 Å². The van der Waals surface area contributed by atoms with E-state index in [0.717, 1.165) is 5.56 Å². The third-order valence-electron chi connectivity index (χ3n) is 2.04. The van der Waals surface area contributed by atoms with E-state index in [1.165, 1.54) is 5.19 Å². The SMILES string of the molecule is C=Cc1cccc([Si]C(OCC)OCC)c1. The molecule has 0 amide bonds. The molecule has 0 heterocycles. The Labute approximate surface area is 100 Å². The predicted octanol–water partition coefficient (Wildman–Crippen LogP) is 2.02. The van der Waals surface area contributed by atoms with Crippen LogP contribution in [-0.4, -0.2) is 28.6 Å². The van der Waals surface area contributed by atoms with E-state index in [1.807, 2.05) is 32.1 Å². The van der Waals surface area contributed by atoms with E-state index in [9.17, 15) is 0 Å². The van der Waals surface area contributed by atoms with Crippen molar-refractivity contribution in [3.8, 4) is 0 Å². The largest absolute Gasteiger partial charge is 0.357 e. The molecule has 0 atom stereocenters. The molecule has 0 bridgehead atoms. The Morgan fingerprint density at radius 1 is 1.31 bits per heavy atom. The van der Waals surface area contributed by atoms with Crippen LogP contribution in [0.4, 0.5) is 0 Å². The fourth-order valence-electron chi connectivity index (χ4n) is 1.33. The van der Waals surface area contributed by atoms with Crippen LogP contribution in [0.15, 0.2) is 30.8 Å². The van der Waals surface area contributed by atoms with Crippen molar-refractivity contribution >= 4 is 20.8 Å². The van der Waals surface area contributed by atoms with Crippen LogP contribution in [-0.2, 0) is 9.47 Å². The van der Waals surface area contributed by atoms with E-state index in [1.54, 1.807) is 0 Å². The zero-order valence-electron chi connectivity index (χ0n) is 9.90. The minimum absolute atomic E-state index is 0.116. The zero-order chi connectivity index (χ0) is 11.8. The summed E-state index contributed by atoms with van der Waals surface area (Å²) in [6.07, 6.45) is 1.85. The maximum absolute atomic E-state index is 5.52.